The molecule has 0 aliphatic heterocycles. The van der Waals surface area contributed by atoms with Crippen molar-refractivity contribution >= 4 is 11.9 Å². The molecular formula is C20H20N2O4. The summed E-state index contributed by atoms with van der Waals surface area (Å²) in [7, 11) is 1.30. The van der Waals surface area contributed by atoms with Gasteiger partial charge in [-0.05, 0) is 41.8 Å². The second-order valence-corrected chi connectivity index (χ2v) is 5.59. The number of hydrogen-bond acceptors (Lipinski definition) is 5. The van der Waals surface area contributed by atoms with Gasteiger partial charge in [-0.25, -0.2) is 4.79 Å². The molecular weight excluding hydrogens is 332 g/mol. The predicted octanol–water partition coefficient (Wildman–Crippen LogP) is 2.36. The molecule has 0 bridgehead atoms. The summed E-state index contributed by atoms with van der Waals surface area (Å²) in [6.45, 7) is 0.283. The Morgan fingerprint density at radius 3 is 2.31 bits per heavy atom. The molecule has 0 aliphatic carbocycles. The third-order valence-electron chi connectivity index (χ3n) is 3.72. The van der Waals surface area contributed by atoms with E-state index >= 15 is 0 Å². The van der Waals surface area contributed by atoms with Crippen molar-refractivity contribution in [3.05, 3.63) is 65.2 Å². The molecule has 2 aromatic rings. The first-order chi connectivity index (χ1) is 12.6. The number of nitrogens with zero attached hydrogens (tertiary/aromatic N) is 1. The molecule has 0 heterocycles. The quantitative estimate of drug-likeness (QED) is 0.737. The average molecular weight is 352 g/mol. The number of hydrogen-bond donors (Lipinski definition) is 1. The van der Waals surface area contributed by atoms with Crippen LogP contribution in [0.4, 0.5) is 0 Å². The van der Waals surface area contributed by atoms with Crippen molar-refractivity contribution in [2.24, 2.45) is 0 Å². The Morgan fingerprint density at radius 2 is 1.69 bits per heavy atom. The lowest BCUT2D eigenvalue weighted by molar-refractivity contribution is -0.142. The van der Waals surface area contributed by atoms with Gasteiger partial charge < -0.3 is 14.8 Å². The summed E-state index contributed by atoms with van der Waals surface area (Å²) in [5.74, 6) is 0.0790. The van der Waals surface area contributed by atoms with Crippen LogP contribution in [0.1, 0.15) is 23.1 Å². The summed E-state index contributed by atoms with van der Waals surface area (Å²) in [5.41, 5.74) is 2.56. The van der Waals surface area contributed by atoms with Crippen LogP contribution in [0.2, 0.25) is 0 Å². The maximum Gasteiger partial charge on any atom is 0.343 e. The Labute approximate surface area is 152 Å². The molecule has 6 heteroatoms. The number of nitrogens with one attached hydrogen (secondary N) is 1. The SMILES string of the molecule is COC(=O)COc1ccc(CNC(=O)CCc2ccc(C#N)cc2)cc1. The highest BCUT2D eigenvalue weighted by molar-refractivity contribution is 5.76. The summed E-state index contributed by atoms with van der Waals surface area (Å²) < 4.78 is 9.76. The fourth-order valence-electron chi connectivity index (χ4n) is 2.20. The van der Waals surface area contributed by atoms with Gasteiger partial charge in [0.05, 0.1) is 18.7 Å². The van der Waals surface area contributed by atoms with Crippen molar-refractivity contribution in [2.45, 2.75) is 19.4 Å². The molecule has 0 atom stereocenters. The van der Waals surface area contributed by atoms with Gasteiger partial charge >= 0.3 is 5.97 Å². The zero-order valence-corrected chi connectivity index (χ0v) is 14.5. The first-order valence-electron chi connectivity index (χ1n) is 8.15. The van der Waals surface area contributed by atoms with Crippen LogP contribution in [0.15, 0.2) is 48.5 Å². The molecule has 134 valence electrons. The first kappa shape index (κ1) is 19.0. The van der Waals surface area contributed by atoms with Gasteiger partial charge in [-0.2, -0.15) is 5.26 Å². The van der Waals surface area contributed by atoms with E-state index in [1.807, 2.05) is 24.3 Å². The Morgan fingerprint density at radius 1 is 1.04 bits per heavy atom. The van der Waals surface area contributed by atoms with Crippen LogP contribution in [0.5, 0.6) is 5.75 Å². The number of carbonyl (C=O) groups is 2. The number of rotatable bonds is 8. The van der Waals surface area contributed by atoms with Crippen molar-refractivity contribution in [1.82, 2.24) is 5.32 Å². The van der Waals surface area contributed by atoms with Gasteiger partial charge in [0.25, 0.3) is 0 Å². The highest BCUT2D eigenvalue weighted by atomic mass is 16.6. The standard InChI is InChI=1S/C20H20N2O4/c1-25-20(24)14-26-18-9-6-17(7-10-18)13-22-19(23)11-8-15-2-4-16(12-21)5-3-15/h2-7,9-10H,8,11,13-14H2,1H3,(H,22,23). The number of amides is 1. The largest absolute Gasteiger partial charge is 0.482 e. The van der Waals surface area contributed by atoms with Gasteiger partial charge in [0.15, 0.2) is 6.61 Å². The molecule has 2 aromatic carbocycles. The van der Waals surface area contributed by atoms with E-state index in [2.05, 4.69) is 16.1 Å². The molecule has 0 saturated carbocycles. The van der Waals surface area contributed by atoms with E-state index in [1.54, 1.807) is 24.3 Å². The van der Waals surface area contributed by atoms with Gasteiger partial charge in [0.2, 0.25) is 5.91 Å². The Bertz CT molecular complexity index is 777. The van der Waals surface area contributed by atoms with E-state index in [1.165, 1.54) is 7.11 Å². The molecule has 0 aliphatic rings. The highest BCUT2D eigenvalue weighted by Gasteiger charge is 2.04. The van der Waals surface area contributed by atoms with Crippen LogP contribution in [-0.2, 0) is 27.3 Å². The highest BCUT2D eigenvalue weighted by Crippen LogP contribution is 2.12. The van der Waals surface area contributed by atoms with E-state index in [0.29, 0.717) is 30.7 Å². The lowest BCUT2D eigenvalue weighted by atomic mass is 10.1. The number of aryl methyl sites for hydroxylation is 1. The van der Waals surface area contributed by atoms with Crippen LogP contribution >= 0.6 is 0 Å². The Balaban J connectivity index is 1.72. The fourth-order valence-corrected chi connectivity index (χ4v) is 2.20. The van der Waals surface area contributed by atoms with Crippen molar-refractivity contribution in [3.8, 4) is 11.8 Å². The van der Waals surface area contributed by atoms with Crippen molar-refractivity contribution in [1.29, 1.82) is 5.26 Å². The van der Waals surface area contributed by atoms with E-state index in [4.69, 9.17) is 10.00 Å². The molecule has 0 radical (unpaired) electrons. The molecule has 0 unspecified atom stereocenters. The number of esters is 1. The monoisotopic (exact) mass is 352 g/mol. The minimum absolute atomic E-state index is 0.0413. The van der Waals surface area contributed by atoms with Crippen molar-refractivity contribution < 1.29 is 19.1 Å². The van der Waals surface area contributed by atoms with Crippen LogP contribution in [-0.4, -0.2) is 25.6 Å². The summed E-state index contributed by atoms with van der Waals surface area (Å²) in [5, 5.41) is 11.6. The second-order valence-electron chi connectivity index (χ2n) is 5.59. The number of benzene rings is 2. The molecule has 0 fully saturated rings. The third kappa shape index (κ3) is 6.29. The molecule has 26 heavy (non-hydrogen) atoms. The molecule has 1 N–H and O–H groups in total. The molecule has 1 amide bonds. The second kappa shape index (κ2) is 9.84. The Kier molecular flexibility index (Phi) is 7.19. The number of ether oxygens (including phenoxy) is 2. The van der Waals surface area contributed by atoms with E-state index in [9.17, 15) is 9.59 Å². The van der Waals surface area contributed by atoms with E-state index in [-0.39, 0.29) is 12.5 Å². The minimum atomic E-state index is -0.441. The zero-order valence-electron chi connectivity index (χ0n) is 14.5. The number of methoxy groups -OCH3 is 1. The molecule has 0 aromatic heterocycles. The summed E-state index contributed by atoms with van der Waals surface area (Å²) in [6.07, 6.45) is 1.00. The smallest absolute Gasteiger partial charge is 0.343 e. The van der Waals surface area contributed by atoms with Crippen LogP contribution in [0.25, 0.3) is 0 Å². The minimum Gasteiger partial charge on any atom is -0.482 e. The normalized spacial score (nSPS) is 9.85. The van der Waals surface area contributed by atoms with E-state index in [0.717, 1.165) is 11.1 Å². The Hall–Kier alpha value is -3.33. The summed E-state index contributed by atoms with van der Waals surface area (Å²) in [6, 6.07) is 16.4. The third-order valence-corrected chi connectivity index (χ3v) is 3.72. The number of nitriles is 1. The molecule has 0 spiro atoms. The van der Waals surface area contributed by atoms with Gasteiger partial charge in [-0.3, -0.25) is 4.79 Å². The van der Waals surface area contributed by atoms with E-state index < -0.39 is 5.97 Å². The van der Waals surface area contributed by atoms with Crippen molar-refractivity contribution in [3.63, 3.8) is 0 Å². The van der Waals surface area contributed by atoms with Gasteiger partial charge in [-0.15, -0.1) is 0 Å². The number of carbonyl (C=O) groups excluding carboxylic acids is 2. The van der Waals surface area contributed by atoms with Crippen molar-refractivity contribution in [2.75, 3.05) is 13.7 Å². The molecule has 6 nitrogen and oxygen atoms in total. The molecule has 0 saturated heterocycles. The van der Waals surface area contributed by atoms with Crippen LogP contribution < -0.4 is 10.1 Å². The maximum atomic E-state index is 12.0. The lowest BCUT2D eigenvalue weighted by Gasteiger charge is -2.08. The fraction of sp³-hybridized carbons (Fsp3) is 0.250. The molecule has 2 rings (SSSR count). The van der Waals surface area contributed by atoms with Crippen LogP contribution in [0.3, 0.4) is 0 Å². The van der Waals surface area contributed by atoms with Gasteiger partial charge in [0.1, 0.15) is 5.75 Å². The van der Waals surface area contributed by atoms with Gasteiger partial charge in [-0.1, -0.05) is 24.3 Å². The lowest BCUT2D eigenvalue weighted by Crippen LogP contribution is -2.23. The zero-order chi connectivity index (χ0) is 18.8. The summed E-state index contributed by atoms with van der Waals surface area (Å²) in [4.78, 5) is 23.0. The topological polar surface area (TPSA) is 88.4 Å². The average Bonchev–Trinajstić information content (AvgIpc) is 2.70. The summed E-state index contributed by atoms with van der Waals surface area (Å²) >= 11 is 0. The van der Waals surface area contributed by atoms with Crippen LogP contribution in [0, 0.1) is 11.3 Å². The first-order valence-corrected chi connectivity index (χ1v) is 8.15. The predicted molar refractivity (Wildman–Crippen MR) is 95.3 cm³/mol. The maximum absolute atomic E-state index is 12.0. The van der Waals surface area contributed by atoms with Gasteiger partial charge in [0, 0.05) is 13.0 Å².